The van der Waals surface area contributed by atoms with Crippen molar-refractivity contribution in [3.63, 3.8) is 0 Å². The first kappa shape index (κ1) is 21.5. The van der Waals surface area contributed by atoms with E-state index in [4.69, 9.17) is 4.98 Å². The van der Waals surface area contributed by atoms with Gasteiger partial charge >= 0.3 is 0 Å². The Morgan fingerprint density at radius 2 is 2.07 bits per heavy atom. The number of rotatable bonds is 7. The Kier molecular flexibility index (Phi) is 6.79. The highest BCUT2D eigenvalue weighted by molar-refractivity contribution is 6.11. The molecule has 6 nitrogen and oxygen atoms in total. The Morgan fingerprint density at radius 1 is 1.30 bits per heavy atom. The molecular formula is C24H29N5O. The van der Waals surface area contributed by atoms with Crippen molar-refractivity contribution in [2.75, 3.05) is 39.1 Å². The molecule has 0 saturated carbocycles. The zero-order valence-electron chi connectivity index (χ0n) is 18.1. The van der Waals surface area contributed by atoms with Crippen LogP contribution in [0.25, 0.3) is 22.5 Å². The Labute approximate surface area is 178 Å². The highest BCUT2D eigenvalue weighted by atomic mass is 16.3. The van der Waals surface area contributed by atoms with Crippen LogP contribution in [0.15, 0.2) is 60.4 Å². The van der Waals surface area contributed by atoms with E-state index in [2.05, 4.69) is 33.6 Å². The van der Waals surface area contributed by atoms with Crippen molar-refractivity contribution in [1.29, 1.82) is 0 Å². The molecule has 6 heteroatoms. The van der Waals surface area contributed by atoms with Gasteiger partial charge in [-0.3, -0.25) is 4.99 Å². The van der Waals surface area contributed by atoms with E-state index >= 15 is 0 Å². The van der Waals surface area contributed by atoms with E-state index in [0.717, 1.165) is 33.7 Å². The van der Waals surface area contributed by atoms with Crippen LogP contribution in [0.1, 0.15) is 18.1 Å². The van der Waals surface area contributed by atoms with Gasteiger partial charge in [0.25, 0.3) is 0 Å². The fourth-order valence-corrected chi connectivity index (χ4v) is 3.38. The number of aliphatic hydroxyl groups is 1. The zero-order valence-corrected chi connectivity index (χ0v) is 18.1. The van der Waals surface area contributed by atoms with Crippen molar-refractivity contribution < 1.29 is 5.11 Å². The molecule has 1 saturated heterocycles. The highest BCUT2D eigenvalue weighted by Crippen LogP contribution is 2.30. The van der Waals surface area contributed by atoms with Crippen LogP contribution in [0, 0.1) is 0 Å². The Bertz CT molecular complexity index is 1000. The van der Waals surface area contributed by atoms with Gasteiger partial charge < -0.3 is 14.9 Å². The van der Waals surface area contributed by atoms with Crippen LogP contribution >= 0.6 is 0 Å². The normalized spacial score (nSPS) is 15.4. The number of β-amino-alcohol motifs (C(OH)–C–C–N with tert-alkyl or cyclic N) is 1. The Hall–Kier alpha value is -3.25. The molecule has 0 spiro atoms. The number of aliphatic imine (C=N–C) groups is 1. The van der Waals surface area contributed by atoms with E-state index in [1.165, 1.54) is 0 Å². The number of hydrogen-bond donors (Lipinski definition) is 1. The van der Waals surface area contributed by atoms with Crippen LogP contribution in [-0.2, 0) is 0 Å². The lowest BCUT2D eigenvalue weighted by atomic mass is 10.0. The minimum atomic E-state index is -0.320. The summed E-state index contributed by atoms with van der Waals surface area (Å²) in [7, 11) is 5.72. The van der Waals surface area contributed by atoms with Crippen molar-refractivity contribution in [1.82, 2.24) is 14.9 Å². The lowest BCUT2D eigenvalue weighted by Gasteiger charge is -2.38. The molecule has 0 unspecified atom stereocenters. The van der Waals surface area contributed by atoms with Crippen molar-refractivity contribution >= 4 is 23.2 Å². The summed E-state index contributed by atoms with van der Waals surface area (Å²) in [6, 6.07) is 8.14. The van der Waals surface area contributed by atoms with Gasteiger partial charge in [0.15, 0.2) is 5.82 Å². The maximum atomic E-state index is 9.81. The SMILES string of the molecule is C=C/C(=C\N(C)C)c1cccc(-c2ncc(/C(C=NC)=C/C)c(N3CC(O)C3)n2)c1. The van der Waals surface area contributed by atoms with Crippen LogP contribution in [0.4, 0.5) is 5.82 Å². The molecule has 0 aliphatic carbocycles. The summed E-state index contributed by atoms with van der Waals surface area (Å²) in [5.74, 6) is 1.46. The minimum absolute atomic E-state index is 0.320. The van der Waals surface area contributed by atoms with Crippen molar-refractivity contribution in [2.24, 2.45) is 4.99 Å². The van der Waals surface area contributed by atoms with Crippen molar-refractivity contribution in [3.05, 3.63) is 66.5 Å². The number of benzene rings is 1. The van der Waals surface area contributed by atoms with Gasteiger partial charge in [-0.2, -0.15) is 0 Å². The number of aromatic nitrogens is 2. The molecule has 1 aliphatic rings. The first-order valence-corrected chi connectivity index (χ1v) is 9.97. The molecule has 0 amide bonds. The van der Waals surface area contributed by atoms with Gasteiger partial charge in [0.2, 0.25) is 0 Å². The minimum Gasteiger partial charge on any atom is -0.389 e. The quantitative estimate of drug-likeness (QED) is 0.566. The summed E-state index contributed by atoms with van der Waals surface area (Å²) in [5.41, 5.74) is 4.88. The smallest absolute Gasteiger partial charge is 0.161 e. The third-order valence-electron chi connectivity index (χ3n) is 4.89. The van der Waals surface area contributed by atoms with Crippen LogP contribution in [0.2, 0.25) is 0 Å². The average molecular weight is 404 g/mol. The predicted octanol–water partition coefficient (Wildman–Crippen LogP) is 3.52. The van der Waals surface area contributed by atoms with Crippen molar-refractivity contribution in [3.8, 4) is 11.4 Å². The van der Waals surface area contributed by atoms with Gasteiger partial charge in [0.05, 0.1) is 6.10 Å². The molecule has 156 valence electrons. The third-order valence-corrected chi connectivity index (χ3v) is 4.89. The summed E-state index contributed by atoms with van der Waals surface area (Å²) in [5, 5.41) is 9.81. The van der Waals surface area contributed by atoms with Crippen LogP contribution in [-0.4, -0.2) is 66.5 Å². The lowest BCUT2D eigenvalue weighted by Crippen LogP contribution is -2.51. The molecule has 0 radical (unpaired) electrons. The molecule has 2 heterocycles. The maximum absolute atomic E-state index is 9.81. The van der Waals surface area contributed by atoms with E-state index in [-0.39, 0.29) is 6.10 Å². The standard InChI is InChI=1S/C24H29N5O/c1-6-17(12-25-3)22-13-26-23(27-24(22)29-15-21(30)16-29)20-10-8-9-19(11-20)18(7-2)14-28(4)5/h6-14,21,30H,2,15-16H2,1,3-5H3/b17-6+,18-14+,25-12?. The predicted molar refractivity (Wildman–Crippen MR) is 126 cm³/mol. The monoisotopic (exact) mass is 403 g/mol. The fraction of sp³-hybridized carbons (Fsp3) is 0.292. The van der Waals surface area contributed by atoms with Crippen LogP contribution < -0.4 is 4.90 Å². The molecule has 0 atom stereocenters. The van der Waals surface area contributed by atoms with Gasteiger partial charge in [-0.05, 0) is 24.1 Å². The molecular weight excluding hydrogens is 374 g/mol. The maximum Gasteiger partial charge on any atom is 0.161 e. The molecule has 1 aliphatic heterocycles. The summed E-state index contributed by atoms with van der Waals surface area (Å²) < 4.78 is 0. The second kappa shape index (κ2) is 9.50. The summed E-state index contributed by atoms with van der Waals surface area (Å²) >= 11 is 0. The summed E-state index contributed by atoms with van der Waals surface area (Å²) in [6.45, 7) is 7.04. The summed E-state index contributed by atoms with van der Waals surface area (Å²) in [6.07, 6.45) is 9.20. The molecule has 0 bridgehead atoms. The van der Waals surface area contributed by atoms with Crippen LogP contribution in [0.5, 0.6) is 0 Å². The number of aliphatic hydroxyl groups excluding tert-OH is 1. The average Bonchev–Trinajstić information content (AvgIpc) is 2.73. The molecule has 1 N–H and O–H groups in total. The van der Waals surface area contributed by atoms with Gasteiger partial charge in [-0.1, -0.05) is 36.9 Å². The first-order chi connectivity index (χ1) is 14.5. The van der Waals surface area contributed by atoms with Gasteiger partial charge in [-0.15, -0.1) is 0 Å². The van der Waals surface area contributed by atoms with E-state index in [1.807, 2.05) is 62.6 Å². The molecule has 2 aromatic rings. The lowest BCUT2D eigenvalue weighted by molar-refractivity contribution is 0.141. The van der Waals surface area contributed by atoms with Crippen LogP contribution in [0.3, 0.4) is 0 Å². The second-order valence-corrected chi connectivity index (χ2v) is 7.45. The van der Waals surface area contributed by atoms with Crippen molar-refractivity contribution in [2.45, 2.75) is 13.0 Å². The fourth-order valence-electron chi connectivity index (χ4n) is 3.38. The highest BCUT2D eigenvalue weighted by Gasteiger charge is 2.28. The Balaban J connectivity index is 2.06. The molecule has 1 fully saturated rings. The molecule has 1 aromatic heterocycles. The van der Waals surface area contributed by atoms with E-state index in [0.29, 0.717) is 18.9 Å². The topological polar surface area (TPSA) is 64.9 Å². The number of anilines is 1. The van der Waals surface area contributed by atoms with Gasteiger partial charge in [0.1, 0.15) is 5.82 Å². The molecule has 1 aromatic carbocycles. The number of nitrogens with zero attached hydrogens (tertiary/aromatic N) is 5. The second-order valence-electron chi connectivity index (χ2n) is 7.45. The van der Waals surface area contributed by atoms with Gasteiger partial charge in [-0.25, -0.2) is 9.97 Å². The van der Waals surface area contributed by atoms with E-state index < -0.39 is 0 Å². The largest absolute Gasteiger partial charge is 0.389 e. The number of allylic oxidation sites excluding steroid dienone is 4. The number of hydrogen-bond acceptors (Lipinski definition) is 6. The zero-order chi connectivity index (χ0) is 21.7. The van der Waals surface area contributed by atoms with E-state index in [1.54, 1.807) is 13.3 Å². The van der Waals surface area contributed by atoms with E-state index in [9.17, 15) is 5.11 Å². The summed E-state index contributed by atoms with van der Waals surface area (Å²) in [4.78, 5) is 17.8. The first-order valence-electron chi connectivity index (χ1n) is 9.97. The van der Waals surface area contributed by atoms with Gasteiger partial charge in [0, 0.05) is 69.5 Å². The molecule has 30 heavy (non-hydrogen) atoms. The third kappa shape index (κ3) is 4.66. The molecule has 3 rings (SSSR count). The Morgan fingerprint density at radius 3 is 2.67 bits per heavy atom.